The normalized spacial score (nSPS) is 10.2. The van der Waals surface area contributed by atoms with Crippen molar-refractivity contribution in [3.8, 4) is 5.75 Å². The van der Waals surface area contributed by atoms with Crippen LogP contribution >= 0.6 is 0 Å². The standard InChI is InChI=1S/C17H20N2O2/c1-3-17(21)19-16-9-5-8-15(12(16)2)18-11-13-6-4-7-14(20)10-13/h4-10,18,20H,3,11H2,1-2H3,(H,19,21). The van der Waals surface area contributed by atoms with Gasteiger partial charge in [0, 0.05) is 24.3 Å². The van der Waals surface area contributed by atoms with Crippen molar-refractivity contribution in [3.05, 3.63) is 53.6 Å². The summed E-state index contributed by atoms with van der Waals surface area (Å²) in [5, 5.41) is 15.7. The van der Waals surface area contributed by atoms with Gasteiger partial charge in [-0.15, -0.1) is 0 Å². The molecule has 0 aliphatic carbocycles. The van der Waals surface area contributed by atoms with Crippen molar-refractivity contribution in [1.82, 2.24) is 0 Å². The highest BCUT2D eigenvalue weighted by molar-refractivity contribution is 5.92. The zero-order chi connectivity index (χ0) is 15.2. The molecule has 2 rings (SSSR count). The van der Waals surface area contributed by atoms with Gasteiger partial charge >= 0.3 is 0 Å². The monoisotopic (exact) mass is 284 g/mol. The maximum atomic E-state index is 11.5. The summed E-state index contributed by atoms with van der Waals surface area (Å²) in [5.74, 6) is 0.262. The number of carbonyl (C=O) groups is 1. The molecule has 0 radical (unpaired) electrons. The Morgan fingerprint density at radius 1 is 1.14 bits per heavy atom. The Balaban J connectivity index is 2.10. The third kappa shape index (κ3) is 3.99. The topological polar surface area (TPSA) is 61.4 Å². The molecule has 4 nitrogen and oxygen atoms in total. The largest absolute Gasteiger partial charge is 0.508 e. The Morgan fingerprint density at radius 3 is 2.57 bits per heavy atom. The van der Waals surface area contributed by atoms with Gasteiger partial charge in [0.1, 0.15) is 5.75 Å². The van der Waals surface area contributed by atoms with Crippen molar-refractivity contribution >= 4 is 17.3 Å². The Kier molecular flexibility index (Phi) is 4.82. The van der Waals surface area contributed by atoms with E-state index in [9.17, 15) is 9.90 Å². The van der Waals surface area contributed by atoms with Crippen LogP contribution < -0.4 is 10.6 Å². The minimum atomic E-state index is 0.00299. The second kappa shape index (κ2) is 6.79. The first-order valence-electron chi connectivity index (χ1n) is 7.01. The Bertz CT molecular complexity index is 638. The Hall–Kier alpha value is -2.49. The van der Waals surface area contributed by atoms with Gasteiger partial charge in [0.05, 0.1) is 0 Å². The molecule has 4 heteroatoms. The molecule has 2 aromatic carbocycles. The highest BCUT2D eigenvalue weighted by Gasteiger charge is 2.06. The number of phenolic OH excluding ortho intramolecular Hbond substituents is 1. The van der Waals surface area contributed by atoms with Gasteiger partial charge < -0.3 is 15.7 Å². The highest BCUT2D eigenvalue weighted by Crippen LogP contribution is 2.24. The van der Waals surface area contributed by atoms with Crippen LogP contribution in [-0.4, -0.2) is 11.0 Å². The lowest BCUT2D eigenvalue weighted by Gasteiger charge is -2.14. The number of hydrogen-bond acceptors (Lipinski definition) is 3. The number of phenols is 1. The van der Waals surface area contributed by atoms with E-state index in [2.05, 4.69) is 10.6 Å². The molecule has 0 bridgehead atoms. The lowest BCUT2D eigenvalue weighted by atomic mass is 10.1. The van der Waals surface area contributed by atoms with Crippen molar-refractivity contribution in [2.45, 2.75) is 26.8 Å². The molecule has 0 saturated carbocycles. The molecule has 0 spiro atoms. The Labute approximate surface area is 124 Å². The van der Waals surface area contributed by atoms with Crippen molar-refractivity contribution in [2.24, 2.45) is 0 Å². The predicted molar refractivity (Wildman–Crippen MR) is 85.5 cm³/mol. The fraction of sp³-hybridized carbons (Fsp3) is 0.235. The molecule has 1 amide bonds. The van der Waals surface area contributed by atoms with Crippen LogP contribution in [0.4, 0.5) is 11.4 Å². The van der Waals surface area contributed by atoms with Gasteiger partial charge in [0.25, 0.3) is 0 Å². The van der Waals surface area contributed by atoms with Crippen molar-refractivity contribution in [2.75, 3.05) is 10.6 Å². The number of anilines is 2. The molecule has 0 saturated heterocycles. The highest BCUT2D eigenvalue weighted by atomic mass is 16.3. The van der Waals surface area contributed by atoms with Crippen molar-refractivity contribution < 1.29 is 9.90 Å². The van der Waals surface area contributed by atoms with Crippen LogP contribution in [0.5, 0.6) is 5.75 Å². The molecular weight excluding hydrogens is 264 g/mol. The molecule has 21 heavy (non-hydrogen) atoms. The molecule has 0 unspecified atom stereocenters. The van der Waals surface area contributed by atoms with Gasteiger partial charge in [-0.3, -0.25) is 4.79 Å². The number of aromatic hydroxyl groups is 1. The van der Waals surface area contributed by atoms with Gasteiger partial charge in [-0.05, 0) is 42.3 Å². The molecule has 0 fully saturated rings. The molecular formula is C17H20N2O2. The van der Waals surface area contributed by atoms with Crippen LogP contribution in [0.3, 0.4) is 0 Å². The van der Waals surface area contributed by atoms with E-state index in [1.807, 2.05) is 44.2 Å². The third-order valence-corrected chi connectivity index (χ3v) is 3.32. The van der Waals surface area contributed by atoms with Gasteiger partial charge in [0.2, 0.25) is 5.91 Å². The maximum Gasteiger partial charge on any atom is 0.224 e. The quantitative estimate of drug-likeness (QED) is 0.785. The summed E-state index contributed by atoms with van der Waals surface area (Å²) in [6.07, 6.45) is 0.459. The van der Waals surface area contributed by atoms with E-state index in [0.29, 0.717) is 13.0 Å². The fourth-order valence-electron chi connectivity index (χ4n) is 2.06. The van der Waals surface area contributed by atoms with E-state index in [1.165, 1.54) is 0 Å². The Morgan fingerprint density at radius 2 is 1.86 bits per heavy atom. The van der Waals surface area contributed by atoms with E-state index in [-0.39, 0.29) is 11.7 Å². The summed E-state index contributed by atoms with van der Waals surface area (Å²) >= 11 is 0. The number of carbonyl (C=O) groups excluding carboxylic acids is 1. The minimum absolute atomic E-state index is 0.00299. The minimum Gasteiger partial charge on any atom is -0.508 e. The van der Waals surface area contributed by atoms with Crippen molar-refractivity contribution in [3.63, 3.8) is 0 Å². The first-order chi connectivity index (χ1) is 10.1. The number of rotatable bonds is 5. The zero-order valence-electron chi connectivity index (χ0n) is 12.3. The third-order valence-electron chi connectivity index (χ3n) is 3.32. The second-order valence-electron chi connectivity index (χ2n) is 4.90. The number of nitrogens with one attached hydrogen (secondary N) is 2. The van der Waals surface area contributed by atoms with Crippen LogP contribution in [-0.2, 0) is 11.3 Å². The first-order valence-corrected chi connectivity index (χ1v) is 7.01. The summed E-state index contributed by atoms with van der Waals surface area (Å²) in [7, 11) is 0. The summed E-state index contributed by atoms with van der Waals surface area (Å²) in [6, 6.07) is 12.9. The molecule has 0 aromatic heterocycles. The summed E-state index contributed by atoms with van der Waals surface area (Å²) in [4.78, 5) is 11.5. The zero-order valence-corrected chi connectivity index (χ0v) is 12.3. The van der Waals surface area contributed by atoms with Crippen LogP contribution in [0.2, 0.25) is 0 Å². The molecule has 2 aromatic rings. The van der Waals surface area contributed by atoms with E-state index in [1.54, 1.807) is 12.1 Å². The van der Waals surface area contributed by atoms with Gasteiger partial charge in [-0.25, -0.2) is 0 Å². The van der Waals surface area contributed by atoms with E-state index < -0.39 is 0 Å². The average Bonchev–Trinajstić information content (AvgIpc) is 2.48. The molecule has 0 atom stereocenters. The number of amides is 1. The fourth-order valence-corrected chi connectivity index (χ4v) is 2.06. The summed E-state index contributed by atoms with van der Waals surface area (Å²) in [5.41, 5.74) is 3.78. The van der Waals surface area contributed by atoms with Gasteiger partial charge in [0.15, 0.2) is 0 Å². The SMILES string of the molecule is CCC(=O)Nc1cccc(NCc2cccc(O)c2)c1C. The van der Waals surface area contributed by atoms with Gasteiger partial charge in [-0.2, -0.15) is 0 Å². The second-order valence-corrected chi connectivity index (χ2v) is 4.90. The predicted octanol–water partition coefficient (Wildman–Crippen LogP) is 3.66. The smallest absolute Gasteiger partial charge is 0.224 e. The summed E-state index contributed by atoms with van der Waals surface area (Å²) in [6.45, 7) is 4.41. The van der Waals surface area contributed by atoms with Crippen molar-refractivity contribution in [1.29, 1.82) is 0 Å². The van der Waals surface area contributed by atoms with Crippen LogP contribution in [0.1, 0.15) is 24.5 Å². The molecule has 0 heterocycles. The molecule has 110 valence electrons. The van der Waals surface area contributed by atoms with E-state index in [0.717, 1.165) is 22.5 Å². The molecule has 0 aliphatic heterocycles. The van der Waals surface area contributed by atoms with E-state index >= 15 is 0 Å². The number of benzene rings is 2. The lowest BCUT2D eigenvalue weighted by molar-refractivity contribution is -0.115. The average molecular weight is 284 g/mol. The van der Waals surface area contributed by atoms with Gasteiger partial charge in [-0.1, -0.05) is 25.1 Å². The molecule has 3 N–H and O–H groups in total. The van der Waals surface area contributed by atoms with E-state index in [4.69, 9.17) is 0 Å². The summed E-state index contributed by atoms with van der Waals surface area (Å²) < 4.78 is 0. The van der Waals surface area contributed by atoms with Crippen LogP contribution in [0, 0.1) is 6.92 Å². The maximum absolute atomic E-state index is 11.5. The van der Waals surface area contributed by atoms with Crippen LogP contribution in [0.15, 0.2) is 42.5 Å². The lowest BCUT2D eigenvalue weighted by Crippen LogP contribution is -2.11. The number of hydrogen-bond donors (Lipinski definition) is 3. The van der Waals surface area contributed by atoms with Crippen LogP contribution in [0.25, 0.3) is 0 Å². The first kappa shape index (κ1) is 14.9. The molecule has 0 aliphatic rings.